The van der Waals surface area contributed by atoms with Crippen LogP contribution in [0.5, 0.6) is 5.75 Å². The summed E-state index contributed by atoms with van der Waals surface area (Å²) >= 11 is 0. The van der Waals surface area contributed by atoms with E-state index in [1.165, 1.54) is 0 Å². The van der Waals surface area contributed by atoms with Crippen LogP contribution < -0.4 is 15.8 Å². The van der Waals surface area contributed by atoms with E-state index in [4.69, 9.17) is 10.5 Å². The summed E-state index contributed by atoms with van der Waals surface area (Å²) in [5.74, 6) is 0.552. The summed E-state index contributed by atoms with van der Waals surface area (Å²) in [5, 5.41) is 2.94. The number of benzene rings is 2. The van der Waals surface area contributed by atoms with Crippen LogP contribution in [-0.2, 0) is 11.4 Å². The van der Waals surface area contributed by atoms with Crippen molar-refractivity contribution in [2.24, 2.45) is 17.1 Å². The molecule has 1 unspecified atom stereocenters. The van der Waals surface area contributed by atoms with Crippen LogP contribution in [0, 0.1) is 11.3 Å². The van der Waals surface area contributed by atoms with Gasteiger partial charge in [-0.15, -0.1) is 0 Å². The average molecular weight is 340 g/mol. The van der Waals surface area contributed by atoms with E-state index in [2.05, 4.69) is 26.1 Å². The molecule has 2 rings (SSSR count). The van der Waals surface area contributed by atoms with Crippen LogP contribution >= 0.6 is 0 Å². The van der Waals surface area contributed by atoms with E-state index in [-0.39, 0.29) is 17.2 Å². The van der Waals surface area contributed by atoms with Gasteiger partial charge in [-0.1, -0.05) is 51.1 Å². The average Bonchev–Trinajstić information content (AvgIpc) is 2.59. The van der Waals surface area contributed by atoms with E-state index in [1.54, 1.807) is 0 Å². The lowest BCUT2D eigenvalue weighted by Crippen LogP contribution is -2.32. The van der Waals surface area contributed by atoms with E-state index in [0.717, 1.165) is 23.4 Å². The Bertz CT molecular complexity index is 661. The maximum absolute atomic E-state index is 12.4. The van der Waals surface area contributed by atoms with Crippen molar-refractivity contribution in [1.29, 1.82) is 0 Å². The molecule has 1 amide bonds. The molecule has 4 heteroatoms. The van der Waals surface area contributed by atoms with Gasteiger partial charge in [0, 0.05) is 12.2 Å². The van der Waals surface area contributed by atoms with Crippen LogP contribution in [0.15, 0.2) is 54.6 Å². The zero-order valence-electron chi connectivity index (χ0n) is 15.3. The first-order valence-corrected chi connectivity index (χ1v) is 8.65. The lowest BCUT2D eigenvalue weighted by molar-refractivity contribution is -0.120. The van der Waals surface area contributed by atoms with Crippen LogP contribution in [0.25, 0.3) is 0 Å². The van der Waals surface area contributed by atoms with Gasteiger partial charge in [0.05, 0.1) is 5.92 Å². The molecule has 2 aromatic rings. The maximum Gasteiger partial charge on any atom is 0.228 e. The molecule has 0 saturated carbocycles. The molecule has 0 spiro atoms. The Morgan fingerprint density at radius 2 is 1.72 bits per heavy atom. The predicted octanol–water partition coefficient (Wildman–Crippen LogP) is 4.22. The molecule has 0 bridgehead atoms. The molecule has 0 aliphatic heterocycles. The zero-order chi connectivity index (χ0) is 18.3. The Labute approximate surface area is 150 Å². The van der Waals surface area contributed by atoms with Crippen molar-refractivity contribution in [3.8, 4) is 5.75 Å². The first kappa shape index (κ1) is 19.0. The van der Waals surface area contributed by atoms with Gasteiger partial charge in [-0.05, 0) is 41.7 Å². The molecule has 0 saturated heterocycles. The highest BCUT2D eigenvalue weighted by molar-refractivity contribution is 5.92. The number of anilines is 1. The first-order valence-electron chi connectivity index (χ1n) is 8.65. The monoisotopic (exact) mass is 340 g/mol. The van der Waals surface area contributed by atoms with Crippen LogP contribution in [0.1, 0.15) is 32.8 Å². The highest BCUT2D eigenvalue weighted by Crippen LogP contribution is 2.25. The summed E-state index contributed by atoms with van der Waals surface area (Å²) in [7, 11) is 0. The number of nitrogens with one attached hydrogen (secondary N) is 1. The molecule has 0 aromatic heterocycles. The van der Waals surface area contributed by atoms with E-state index >= 15 is 0 Å². The molecule has 0 fully saturated rings. The number of nitrogens with two attached hydrogens (primary N) is 1. The molecule has 25 heavy (non-hydrogen) atoms. The Hall–Kier alpha value is -2.33. The van der Waals surface area contributed by atoms with Crippen LogP contribution in [0.2, 0.25) is 0 Å². The van der Waals surface area contributed by atoms with Crippen molar-refractivity contribution in [1.82, 2.24) is 0 Å². The van der Waals surface area contributed by atoms with Crippen molar-refractivity contribution in [3.05, 3.63) is 60.2 Å². The van der Waals surface area contributed by atoms with Crippen molar-refractivity contribution in [3.63, 3.8) is 0 Å². The molecule has 2 aromatic carbocycles. The molecule has 0 aliphatic rings. The Morgan fingerprint density at radius 1 is 1.08 bits per heavy atom. The quantitative estimate of drug-likeness (QED) is 0.793. The minimum Gasteiger partial charge on any atom is -0.489 e. The molecule has 0 heterocycles. The number of carbonyl (C=O) groups excluding carboxylic acids is 1. The van der Waals surface area contributed by atoms with Gasteiger partial charge < -0.3 is 15.8 Å². The van der Waals surface area contributed by atoms with E-state index in [9.17, 15) is 4.79 Å². The summed E-state index contributed by atoms with van der Waals surface area (Å²) in [6.45, 7) is 7.21. The van der Waals surface area contributed by atoms with Crippen LogP contribution in [-0.4, -0.2) is 12.5 Å². The van der Waals surface area contributed by atoms with Gasteiger partial charge >= 0.3 is 0 Å². The second-order valence-electron chi connectivity index (χ2n) is 7.49. The number of ether oxygens (including phenoxy) is 1. The largest absolute Gasteiger partial charge is 0.489 e. The van der Waals surface area contributed by atoms with Gasteiger partial charge in [0.25, 0.3) is 0 Å². The fraction of sp³-hybridized carbons (Fsp3) is 0.381. The molecule has 1 atom stereocenters. The van der Waals surface area contributed by atoms with Crippen LogP contribution in [0.4, 0.5) is 5.69 Å². The standard InChI is InChI=1S/C21H28N2O2/c1-21(2,3)13-17(14-22)20(24)23-18-9-11-19(12-10-18)25-15-16-7-5-4-6-8-16/h4-12,17H,13-15,22H2,1-3H3,(H,23,24). The van der Waals surface area contributed by atoms with Gasteiger partial charge in [0.15, 0.2) is 0 Å². The number of carbonyl (C=O) groups is 1. The summed E-state index contributed by atoms with van der Waals surface area (Å²) in [6.07, 6.45) is 0.758. The number of hydrogen-bond donors (Lipinski definition) is 2. The second-order valence-corrected chi connectivity index (χ2v) is 7.49. The number of hydrogen-bond acceptors (Lipinski definition) is 3. The molecule has 3 N–H and O–H groups in total. The number of rotatable bonds is 7. The predicted molar refractivity (Wildman–Crippen MR) is 102 cm³/mol. The van der Waals surface area contributed by atoms with Crippen molar-refractivity contribution in [2.45, 2.75) is 33.8 Å². The summed E-state index contributed by atoms with van der Waals surface area (Å²) < 4.78 is 5.75. The third-order valence-electron chi connectivity index (χ3n) is 3.88. The van der Waals surface area contributed by atoms with Gasteiger partial charge in [0.2, 0.25) is 5.91 Å². The van der Waals surface area contributed by atoms with E-state index in [0.29, 0.717) is 13.2 Å². The molecule has 0 radical (unpaired) electrons. The highest BCUT2D eigenvalue weighted by Gasteiger charge is 2.23. The third-order valence-corrected chi connectivity index (χ3v) is 3.88. The summed E-state index contributed by atoms with van der Waals surface area (Å²) in [5.41, 5.74) is 7.71. The Balaban J connectivity index is 1.89. The van der Waals surface area contributed by atoms with Gasteiger partial charge in [-0.2, -0.15) is 0 Å². The van der Waals surface area contributed by atoms with Crippen molar-refractivity contribution < 1.29 is 9.53 Å². The molecule has 0 aliphatic carbocycles. The normalized spacial score (nSPS) is 12.5. The topological polar surface area (TPSA) is 64.4 Å². The zero-order valence-corrected chi connectivity index (χ0v) is 15.3. The Morgan fingerprint density at radius 3 is 2.28 bits per heavy atom. The van der Waals surface area contributed by atoms with Crippen LogP contribution in [0.3, 0.4) is 0 Å². The fourth-order valence-corrected chi connectivity index (χ4v) is 2.64. The lowest BCUT2D eigenvalue weighted by Gasteiger charge is -2.24. The minimum atomic E-state index is -0.186. The molecular weight excluding hydrogens is 312 g/mol. The van der Waals surface area contributed by atoms with Gasteiger partial charge in [0.1, 0.15) is 12.4 Å². The third kappa shape index (κ3) is 6.59. The van der Waals surface area contributed by atoms with Crippen molar-refractivity contribution in [2.75, 3.05) is 11.9 Å². The molecular formula is C21H28N2O2. The SMILES string of the molecule is CC(C)(C)CC(CN)C(=O)Nc1ccc(OCc2ccccc2)cc1. The lowest BCUT2D eigenvalue weighted by atomic mass is 9.84. The van der Waals surface area contributed by atoms with Gasteiger partial charge in [-0.25, -0.2) is 0 Å². The number of amides is 1. The highest BCUT2D eigenvalue weighted by atomic mass is 16.5. The van der Waals surface area contributed by atoms with E-state index < -0.39 is 0 Å². The Kier molecular flexibility index (Phi) is 6.59. The molecule has 134 valence electrons. The maximum atomic E-state index is 12.4. The summed E-state index contributed by atoms with van der Waals surface area (Å²) in [6, 6.07) is 17.4. The smallest absolute Gasteiger partial charge is 0.228 e. The van der Waals surface area contributed by atoms with Gasteiger partial charge in [-0.3, -0.25) is 4.79 Å². The first-order chi connectivity index (χ1) is 11.9. The summed E-state index contributed by atoms with van der Waals surface area (Å²) in [4.78, 5) is 12.4. The fourth-order valence-electron chi connectivity index (χ4n) is 2.64. The second kappa shape index (κ2) is 8.67. The molecule has 4 nitrogen and oxygen atoms in total. The minimum absolute atomic E-state index is 0.0321. The van der Waals surface area contributed by atoms with Crippen molar-refractivity contribution >= 4 is 11.6 Å². The van der Waals surface area contributed by atoms with E-state index in [1.807, 2.05) is 54.6 Å².